The fourth-order valence-corrected chi connectivity index (χ4v) is 3.47. The second-order valence-corrected chi connectivity index (χ2v) is 6.46. The number of carbonyl (C=O) groups excluding carboxylic acids is 1. The van der Waals surface area contributed by atoms with Gasteiger partial charge in [-0.05, 0) is 44.4 Å². The lowest BCUT2D eigenvalue weighted by molar-refractivity contribution is -0.129. The predicted molar refractivity (Wildman–Crippen MR) is 85.1 cm³/mol. The Bertz CT molecular complexity index is 526. The fourth-order valence-electron chi connectivity index (χ4n) is 3.29. The molecule has 0 bridgehead atoms. The number of ether oxygens (including phenoxy) is 1. The summed E-state index contributed by atoms with van der Waals surface area (Å²) in [6.45, 7) is 3.32. The van der Waals surface area contributed by atoms with E-state index in [1.807, 2.05) is 0 Å². The van der Waals surface area contributed by atoms with Crippen molar-refractivity contribution in [3.05, 3.63) is 23.4 Å². The molecule has 2 atom stereocenters. The van der Waals surface area contributed by atoms with Gasteiger partial charge in [0.15, 0.2) is 0 Å². The van der Waals surface area contributed by atoms with Crippen LogP contribution in [0.5, 0.6) is 5.88 Å². The van der Waals surface area contributed by atoms with Crippen molar-refractivity contribution in [2.24, 2.45) is 5.92 Å². The summed E-state index contributed by atoms with van der Waals surface area (Å²) in [5, 5.41) is 3.51. The number of amides is 1. The number of hydrogen-bond acceptors (Lipinski definition) is 4. The molecule has 0 radical (unpaired) electrons. The Hall–Kier alpha value is -1.33. The second-order valence-electron chi connectivity index (χ2n) is 6.05. The number of nitrogens with one attached hydrogen (secondary N) is 1. The van der Waals surface area contributed by atoms with Gasteiger partial charge < -0.3 is 10.1 Å². The van der Waals surface area contributed by atoms with Crippen molar-refractivity contribution in [3.63, 3.8) is 0 Å². The highest BCUT2D eigenvalue weighted by Gasteiger charge is 2.32. The molecule has 1 amide bonds. The lowest BCUT2D eigenvalue weighted by atomic mass is 9.95. The van der Waals surface area contributed by atoms with Crippen LogP contribution in [0.3, 0.4) is 0 Å². The first kappa shape index (κ1) is 15.6. The molecule has 2 fully saturated rings. The van der Waals surface area contributed by atoms with Crippen molar-refractivity contribution in [3.8, 4) is 5.88 Å². The van der Waals surface area contributed by atoms with E-state index < -0.39 is 0 Å². The molecular weight excluding hydrogens is 302 g/mol. The molecule has 22 heavy (non-hydrogen) atoms. The molecule has 1 aromatic rings. The van der Waals surface area contributed by atoms with E-state index in [1.54, 1.807) is 18.3 Å². The van der Waals surface area contributed by atoms with E-state index in [2.05, 4.69) is 15.2 Å². The van der Waals surface area contributed by atoms with Crippen molar-refractivity contribution in [2.75, 3.05) is 26.2 Å². The highest BCUT2D eigenvalue weighted by molar-refractivity contribution is 6.31. The molecule has 2 aliphatic rings. The number of pyridine rings is 1. The summed E-state index contributed by atoms with van der Waals surface area (Å²) in [6.07, 6.45) is 5.94. The summed E-state index contributed by atoms with van der Waals surface area (Å²) < 4.78 is 5.77. The highest BCUT2D eigenvalue weighted by Crippen LogP contribution is 2.25. The van der Waals surface area contributed by atoms with Gasteiger partial charge in [0.05, 0.1) is 12.6 Å². The minimum absolute atomic E-state index is 0.0370. The van der Waals surface area contributed by atoms with Gasteiger partial charge in [-0.3, -0.25) is 9.69 Å². The number of hydrogen-bond donors (Lipinski definition) is 1. The Kier molecular flexibility index (Phi) is 5.16. The van der Waals surface area contributed by atoms with E-state index in [-0.39, 0.29) is 11.9 Å². The zero-order valence-corrected chi connectivity index (χ0v) is 13.4. The molecule has 120 valence electrons. The van der Waals surface area contributed by atoms with Gasteiger partial charge in [-0.15, -0.1) is 0 Å². The summed E-state index contributed by atoms with van der Waals surface area (Å²) in [6, 6.07) is 3.61. The number of rotatable bonds is 4. The molecule has 2 saturated heterocycles. The van der Waals surface area contributed by atoms with Crippen LogP contribution in [0.2, 0.25) is 5.02 Å². The normalized spacial score (nSPS) is 26.5. The minimum Gasteiger partial charge on any atom is -0.476 e. The van der Waals surface area contributed by atoms with Crippen molar-refractivity contribution in [2.45, 2.75) is 31.7 Å². The molecule has 0 aromatic carbocycles. The Morgan fingerprint density at radius 1 is 1.41 bits per heavy atom. The minimum atomic E-state index is 0.0370. The van der Waals surface area contributed by atoms with E-state index in [4.69, 9.17) is 16.3 Å². The van der Waals surface area contributed by atoms with Gasteiger partial charge in [-0.25, -0.2) is 4.98 Å². The van der Waals surface area contributed by atoms with Crippen LogP contribution < -0.4 is 10.1 Å². The van der Waals surface area contributed by atoms with Crippen LogP contribution in [-0.4, -0.2) is 48.1 Å². The number of nitrogens with zero attached hydrogens (tertiary/aromatic N) is 2. The molecule has 0 spiro atoms. The van der Waals surface area contributed by atoms with Crippen molar-refractivity contribution < 1.29 is 9.53 Å². The van der Waals surface area contributed by atoms with Gasteiger partial charge in [0.2, 0.25) is 11.8 Å². The maximum Gasteiger partial charge on any atom is 0.237 e. The Balaban J connectivity index is 1.54. The van der Waals surface area contributed by atoms with Crippen LogP contribution in [0.15, 0.2) is 18.3 Å². The molecule has 2 unspecified atom stereocenters. The molecular formula is C16H22ClN3O2. The third-order valence-corrected chi connectivity index (χ3v) is 4.72. The molecule has 3 rings (SSSR count). The van der Waals surface area contributed by atoms with Crippen LogP contribution in [-0.2, 0) is 4.79 Å². The highest BCUT2D eigenvalue weighted by atomic mass is 35.5. The number of piperidine rings is 2. The summed E-state index contributed by atoms with van der Waals surface area (Å²) in [4.78, 5) is 18.5. The average molecular weight is 324 g/mol. The molecule has 0 saturated carbocycles. The third kappa shape index (κ3) is 3.70. The smallest absolute Gasteiger partial charge is 0.237 e. The molecule has 5 nitrogen and oxygen atoms in total. The van der Waals surface area contributed by atoms with Crippen LogP contribution in [0.4, 0.5) is 0 Å². The second kappa shape index (κ2) is 7.29. The van der Waals surface area contributed by atoms with Crippen LogP contribution in [0, 0.1) is 5.92 Å². The van der Waals surface area contributed by atoms with E-state index in [9.17, 15) is 4.79 Å². The zero-order valence-electron chi connectivity index (χ0n) is 12.6. The van der Waals surface area contributed by atoms with Crippen molar-refractivity contribution in [1.82, 2.24) is 15.2 Å². The molecule has 6 heteroatoms. The van der Waals surface area contributed by atoms with Gasteiger partial charge >= 0.3 is 0 Å². The Morgan fingerprint density at radius 3 is 3.14 bits per heavy atom. The Morgan fingerprint density at radius 2 is 2.32 bits per heavy atom. The van der Waals surface area contributed by atoms with Crippen LogP contribution in [0.25, 0.3) is 0 Å². The number of carbonyl (C=O) groups is 1. The lowest BCUT2D eigenvalue weighted by Gasteiger charge is -2.38. The maximum atomic E-state index is 12.0. The number of aromatic nitrogens is 1. The molecule has 1 N–H and O–H groups in total. The van der Waals surface area contributed by atoms with Gasteiger partial charge in [0, 0.05) is 25.2 Å². The number of likely N-dealkylation sites (tertiary alicyclic amines) is 1. The van der Waals surface area contributed by atoms with Crippen molar-refractivity contribution in [1.29, 1.82) is 0 Å². The molecule has 0 aliphatic carbocycles. The summed E-state index contributed by atoms with van der Waals surface area (Å²) in [7, 11) is 0. The fraction of sp³-hybridized carbons (Fsp3) is 0.625. The first-order valence-electron chi connectivity index (χ1n) is 7.99. The monoisotopic (exact) mass is 323 g/mol. The van der Waals surface area contributed by atoms with Gasteiger partial charge in [0.1, 0.15) is 5.02 Å². The average Bonchev–Trinajstić information content (AvgIpc) is 2.55. The summed E-state index contributed by atoms with van der Waals surface area (Å²) in [5.41, 5.74) is 0. The van der Waals surface area contributed by atoms with E-state index in [0.29, 0.717) is 23.4 Å². The van der Waals surface area contributed by atoms with Crippen LogP contribution in [0.1, 0.15) is 25.7 Å². The predicted octanol–water partition coefficient (Wildman–Crippen LogP) is 2.10. The first-order chi connectivity index (χ1) is 10.7. The van der Waals surface area contributed by atoms with Crippen molar-refractivity contribution >= 4 is 17.5 Å². The summed E-state index contributed by atoms with van der Waals surface area (Å²) >= 11 is 6.06. The van der Waals surface area contributed by atoms with Gasteiger partial charge in [0.25, 0.3) is 0 Å². The zero-order chi connectivity index (χ0) is 15.4. The topological polar surface area (TPSA) is 54.5 Å². The van der Waals surface area contributed by atoms with E-state index >= 15 is 0 Å². The first-order valence-corrected chi connectivity index (χ1v) is 8.37. The lowest BCUT2D eigenvalue weighted by Crippen LogP contribution is -2.53. The third-order valence-electron chi connectivity index (χ3n) is 4.43. The quantitative estimate of drug-likeness (QED) is 0.922. The molecule has 3 heterocycles. The molecule has 2 aliphatic heterocycles. The standard InChI is InChI=1S/C16H22ClN3O2/c17-13-5-1-8-19-16(13)22-11-12-4-3-9-20(10-12)14-6-2-7-18-15(14)21/h1,5,8,12,14H,2-4,6-7,9-11H2,(H,18,21). The van der Waals surface area contributed by atoms with E-state index in [1.165, 1.54) is 0 Å². The van der Waals surface area contributed by atoms with Crippen LogP contribution >= 0.6 is 11.6 Å². The SMILES string of the molecule is O=C1NCCCC1N1CCCC(COc2ncccc2Cl)C1. The van der Waals surface area contributed by atoms with Gasteiger partial charge in [-0.2, -0.15) is 0 Å². The summed E-state index contributed by atoms with van der Waals surface area (Å²) in [5.74, 6) is 1.10. The maximum absolute atomic E-state index is 12.0. The Labute approximate surface area is 136 Å². The van der Waals surface area contributed by atoms with Gasteiger partial charge in [-0.1, -0.05) is 11.6 Å². The molecule has 1 aromatic heterocycles. The largest absolute Gasteiger partial charge is 0.476 e. The number of halogens is 1. The van der Waals surface area contributed by atoms with E-state index in [0.717, 1.165) is 45.3 Å².